The highest BCUT2D eigenvalue weighted by atomic mass is 16.2. The van der Waals surface area contributed by atoms with Gasteiger partial charge in [0, 0.05) is 19.5 Å². The minimum Gasteiger partial charge on any atom is -0.343 e. The van der Waals surface area contributed by atoms with Crippen LogP contribution >= 0.6 is 0 Å². The summed E-state index contributed by atoms with van der Waals surface area (Å²) >= 11 is 0. The van der Waals surface area contributed by atoms with Crippen LogP contribution in [0.3, 0.4) is 0 Å². The van der Waals surface area contributed by atoms with E-state index in [0.29, 0.717) is 5.91 Å². The van der Waals surface area contributed by atoms with Gasteiger partial charge < -0.3 is 10.2 Å². The lowest BCUT2D eigenvalue weighted by Crippen LogP contribution is -2.40. The van der Waals surface area contributed by atoms with Crippen LogP contribution in [-0.2, 0) is 4.79 Å². The Bertz CT molecular complexity index is 300. The number of hydrogen-bond donors (Lipinski definition) is 1. The fourth-order valence-corrected chi connectivity index (χ4v) is 3.97. The van der Waals surface area contributed by atoms with Gasteiger partial charge in [-0.05, 0) is 56.5 Å². The lowest BCUT2D eigenvalue weighted by molar-refractivity contribution is -0.133. The Morgan fingerprint density at radius 2 is 1.84 bits per heavy atom. The molecule has 0 spiro atoms. The van der Waals surface area contributed by atoms with Crippen molar-refractivity contribution >= 4 is 5.91 Å². The number of carbonyl (C=O) groups is 1. The van der Waals surface area contributed by atoms with E-state index >= 15 is 0 Å². The molecule has 0 aromatic carbocycles. The van der Waals surface area contributed by atoms with Crippen LogP contribution in [0.4, 0.5) is 0 Å². The summed E-state index contributed by atoms with van der Waals surface area (Å²) in [7, 11) is 0. The molecule has 3 fully saturated rings. The molecule has 0 radical (unpaired) electrons. The fourth-order valence-electron chi connectivity index (χ4n) is 3.97. The van der Waals surface area contributed by atoms with Crippen LogP contribution in [0.25, 0.3) is 0 Å². The van der Waals surface area contributed by atoms with Gasteiger partial charge in [0.15, 0.2) is 0 Å². The van der Waals surface area contributed by atoms with Gasteiger partial charge in [-0.2, -0.15) is 0 Å². The molecule has 1 unspecified atom stereocenters. The van der Waals surface area contributed by atoms with Crippen molar-refractivity contribution < 1.29 is 4.79 Å². The molecule has 3 aliphatic rings. The van der Waals surface area contributed by atoms with Crippen molar-refractivity contribution in [1.29, 1.82) is 0 Å². The molecule has 0 aromatic rings. The van der Waals surface area contributed by atoms with Crippen molar-refractivity contribution in [3.8, 4) is 0 Å². The Labute approximate surface area is 117 Å². The zero-order chi connectivity index (χ0) is 13.1. The molecular weight excluding hydrogens is 236 g/mol. The Morgan fingerprint density at radius 3 is 2.42 bits per heavy atom. The van der Waals surface area contributed by atoms with Gasteiger partial charge in [0.2, 0.25) is 5.91 Å². The maximum absolute atomic E-state index is 12.2. The van der Waals surface area contributed by atoms with Gasteiger partial charge in [0.25, 0.3) is 0 Å². The van der Waals surface area contributed by atoms with E-state index in [1.807, 2.05) is 0 Å². The molecule has 108 valence electrons. The summed E-state index contributed by atoms with van der Waals surface area (Å²) in [5.41, 5.74) is 0. The van der Waals surface area contributed by atoms with Gasteiger partial charge in [-0.1, -0.05) is 19.3 Å². The van der Waals surface area contributed by atoms with Gasteiger partial charge in [0.1, 0.15) is 0 Å². The number of piperidine rings is 1. The Morgan fingerprint density at radius 1 is 1.05 bits per heavy atom. The largest absolute Gasteiger partial charge is 0.343 e. The van der Waals surface area contributed by atoms with E-state index in [4.69, 9.17) is 0 Å². The van der Waals surface area contributed by atoms with Crippen molar-refractivity contribution in [3.05, 3.63) is 0 Å². The lowest BCUT2D eigenvalue weighted by atomic mass is 9.81. The molecule has 1 N–H and O–H groups in total. The third kappa shape index (κ3) is 3.31. The molecule has 3 rings (SSSR count). The highest BCUT2D eigenvalue weighted by Crippen LogP contribution is 2.32. The molecule has 1 atom stereocenters. The molecule has 3 heteroatoms. The van der Waals surface area contributed by atoms with E-state index < -0.39 is 0 Å². The molecule has 19 heavy (non-hydrogen) atoms. The second kappa shape index (κ2) is 6.25. The molecular formula is C16H28N2O. The number of rotatable bonds is 4. The molecule has 1 amide bonds. The first-order valence-electron chi connectivity index (χ1n) is 8.31. The average molecular weight is 264 g/mol. The van der Waals surface area contributed by atoms with Crippen molar-refractivity contribution in [2.45, 2.75) is 51.4 Å². The van der Waals surface area contributed by atoms with Crippen molar-refractivity contribution in [2.75, 3.05) is 26.2 Å². The smallest absolute Gasteiger partial charge is 0.222 e. The van der Waals surface area contributed by atoms with Crippen molar-refractivity contribution in [1.82, 2.24) is 10.2 Å². The quantitative estimate of drug-likeness (QED) is 0.846. The van der Waals surface area contributed by atoms with Crippen LogP contribution in [0.1, 0.15) is 51.4 Å². The van der Waals surface area contributed by atoms with E-state index in [-0.39, 0.29) is 0 Å². The minimum atomic E-state index is 0.426. The van der Waals surface area contributed by atoms with Crippen LogP contribution in [0.15, 0.2) is 0 Å². The SMILES string of the molecule is O=C(CCC1CCC1)N1CCC(C2CCNC2)CC1. The molecule has 0 aromatic heterocycles. The van der Waals surface area contributed by atoms with Crippen molar-refractivity contribution in [3.63, 3.8) is 0 Å². The van der Waals surface area contributed by atoms with Crippen LogP contribution < -0.4 is 5.32 Å². The van der Waals surface area contributed by atoms with Crippen molar-refractivity contribution in [2.24, 2.45) is 17.8 Å². The van der Waals surface area contributed by atoms with E-state index in [2.05, 4.69) is 10.2 Å². The molecule has 2 aliphatic heterocycles. The van der Waals surface area contributed by atoms with Gasteiger partial charge in [-0.3, -0.25) is 4.79 Å². The van der Waals surface area contributed by atoms with Gasteiger partial charge in [-0.25, -0.2) is 0 Å². The molecule has 1 aliphatic carbocycles. The van der Waals surface area contributed by atoms with E-state index in [1.165, 1.54) is 51.6 Å². The number of carbonyl (C=O) groups excluding carboxylic acids is 1. The Balaban J connectivity index is 1.37. The number of nitrogens with zero attached hydrogens (tertiary/aromatic N) is 1. The first kappa shape index (κ1) is 13.4. The summed E-state index contributed by atoms with van der Waals surface area (Å²) in [6.07, 6.45) is 9.89. The van der Waals surface area contributed by atoms with Gasteiger partial charge in [-0.15, -0.1) is 0 Å². The first-order valence-corrected chi connectivity index (χ1v) is 8.31. The predicted molar refractivity (Wildman–Crippen MR) is 76.9 cm³/mol. The molecule has 0 bridgehead atoms. The highest BCUT2D eigenvalue weighted by molar-refractivity contribution is 5.76. The first-order chi connectivity index (χ1) is 9.33. The van der Waals surface area contributed by atoms with Crippen LogP contribution in [0.5, 0.6) is 0 Å². The second-order valence-electron chi connectivity index (χ2n) is 6.81. The number of nitrogens with one attached hydrogen (secondary N) is 1. The summed E-state index contributed by atoms with van der Waals surface area (Å²) in [5.74, 6) is 3.04. The monoisotopic (exact) mass is 264 g/mol. The molecule has 2 heterocycles. The Hall–Kier alpha value is -0.570. The summed E-state index contributed by atoms with van der Waals surface area (Å²) in [6.45, 7) is 4.45. The highest BCUT2D eigenvalue weighted by Gasteiger charge is 2.30. The van der Waals surface area contributed by atoms with E-state index in [1.54, 1.807) is 0 Å². The van der Waals surface area contributed by atoms with Crippen LogP contribution in [-0.4, -0.2) is 37.0 Å². The number of likely N-dealkylation sites (tertiary alicyclic amines) is 1. The normalized spacial score (nSPS) is 29.5. The van der Waals surface area contributed by atoms with Gasteiger partial charge in [0.05, 0.1) is 0 Å². The third-order valence-electron chi connectivity index (χ3n) is 5.65. The lowest BCUT2D eigenvalue weighted by Gasteiger charge is -2.35. The molecule has 1 saturated carbocycles. The van der Waals surface area contributed by atoms with Gasteiger partial charge >= 0.3 is 0 Å². The summed E-state index contributed by atoms with van der Waals surface area (Å²) < 4.78 is 0. The average Bonchev–Trinajstić information content (AvgIpc) is 2.91. The zero-order valence-corrected chi connectivity index (χ0v) is 12.1. The maximum atomic E-state index is 12.2. The summed E-state index contributed by atoms with van der Waals surface area (Å²) in [6, 6.07) is 0. The standard InChI is InChI=1S/C16H28N2O/c19-16(5-4-13-2-1-3-13)18-10-7-14(8-11-18)15-6-9-17-12-15/h13-15,17H,1-12H2. The molecule has 3 nitrogen and oxygen atoms in total. The van der Waals surface area contributed by atoms with Crippen LogP contribution in [0, 0.1) is 17.8 Å². The topological polar surface area (TPSA) is 32.3 Å². The fraction of sp³-hybridized carbons (Fsp3) is 0.938. The maximum Gasteiger partial charge on any atom is 0.222 e. The van der Waals surface area contributed by atoms with Crippen LogP contribution in [0.2, 0.25) is 0 Å². The Kier molecular flexibility index (Phi) is 4.42. The van der Waals surface area contributed by atoms with E-state index in [9.17, 15) is 4.79 Å². The summed E-state index contributed by atoms with van der Waals surface area (Å²) in [5, 5.41) is 3.47. The predicted octanol–water partition coefficient (Wildman–Crippen LogP) is 2.41. The minimum absolute atomic E-state index is 0.426. The zero-order valence-electron chi connectivity index (χ0n) is 12.1. The number of amides is 1. The number of hydrogen-bond acceptors (Lipinski definition) is 2. The molecule has 2 saturated heterocycles. The third-order valence-corrected chi connectivity index (χ3v) is 5.65. The van der Waals surface area contributed by atoms with E-state index in [0.717, 1.165) is 43.7 Å². The second-order valence-corrected chi connectivity index (χ2v) is 6.81. The summed E-state index contributed by atoms with van der Waals surface area (Å²) in [4.78, 5) is 14.3.